The van der Waals surface area contributed by atoms with Crippen LogP contribution < -0.4 is 10.5 Å². The predicted octanol–water partition coefficient (Wildman–Crippen LogP) is 3.09. The van der Waals surface area contributed by atoms with Gasteiger partial charge in [-0.3, -0.25) is 0 Å². The highest BCUT2D eigenvalue weighted by Crippen LogP contribution is 2.34. The molecular weight excluding hydrogens is 411 g/mol. The molecule has 2 aromatic rings. The van der Waals surface area contributed by atoms with E-state index in [0.717, 1.165) is 3.57 Å². The third-order valence-electron chi connectivity index (χ3n) is 2.03. The predicted molar refractivity (Wildman–Crippen MR) is 78.1 cm³/mol. The lowest BCUT2D eigenvalue weighted by molar-refractivity contribution is 0.457. The smallest absolute Gasteiger partial charge is 0.236 e. The third-order valence-corrected chi connectivity index (χ3v) is 3.38. The molecule has 7 heteroatoms. The Labute approximate surface area is 125 Å². The van der Waals surface area contributed by atoms with Gasteiger partial charge in [0.25, 0.3) is 0 Å². The third kappa shape index (κ3) is 2.70. The molecule has 0 atom stereocenters. The summed E-state index contributed by atoms with van der Waals surface area (Å²) in [6, 6.07) is 5.29. The number of nitriles is 1. The fraction of sp³-hybridized carbons (Fsp3) is 0. The highest BCUT2D eigenvalue weighted by atomic mass is 127. The minimum atomic E-state index is 0.374. The summed E-state index contributed by atoms with van der Waals surface area (Å²) in [7, 11) is 0. The molecule has 0 saturated heterocycles. The number of aromatic nitrogens is 2. The van der Waals surface area contributed by atoms with Crippen LogP contribution in [0.1, 0.15) is 5.56 Å². The lowest BCUT2D eigenvalue weighted by Gasteiger charge is -2.10. The van der Waals surface area contributed by atoms with Crippen LogP contribution in [0.4, 0.5) is 5.69 Å². The molecule has 0 bridgehead atoms. The van der Waals surface area contributed by atoms with Gasteiger partial charge in [-0.2, -0.15) is 5.26 Å². The number of benzene rings is 1. The van der Waals surface area contributed by atoms with Gasteiger partial charge in [-0.05, 0) is 50.7 Å². The molecule has 1 aromatic carbocycles. The number of hydrogen-bond donors (Lipinski definition) is 1. The van der Waals surface area contributed by atoms with Crippen molar-refractivity contribution in [2.45, 2.75) is 0 Å². The molecule has 90 valence electrons. The van der Waals surface area contributed by atoms with Crippen molar-refractivity contribution in [2.75, 3.05) is 5.73 Å². The molecule has 18 heavy (non-hydrogen) atoms. The first-order valence-electron chi connectivity index (χ1n) is 4.74. The summed E-state index contributed by atoms with van der Waals surface area (Å²) in [6.45, 7) is 0. The van der Waals surface area contributed by atoms with Gasteiger partial charge >= 0.3 is 0 Å². The monoisotopic (exact) mass is 416 g/mol. The van der Waals surface area contributed by atoms with Crippen molar-refractivity contribution in [1.29, 1.82) is 5.26 Å². The summed E-state index contributed by atoms with van der Waals surface area (Å²) in [5.74, 6) is 0.855. The maximum absolute atomic E-state index is 8.83. The zero-order valence-corrected chi connectivity index (χ0v) is 12.6. The summed E-state index contributed by atoms with van der Waals surface area (Å²) in [5, 5.41) is 8.83. The van der Waals surface area contributed by atoms with Crippen LogP contribution in [-0.4, -0.2) is 9.97 Å². The average Bonchev–Trinajstić information content (AvgIpc) is 2.35. The highest BCUT2D eigenvalue weighted by molar-refractivity contribution is 14.1. The van der Waals surface area contributed by atoms with E-state index in [4.69, 9.17) is 15.7 Å². The minimum Gasteiger partial charge on any atom is -0.434 e. The van der Waals surface area contributed by atoms with Crippen LogP contribution in [0.15, 0.2) is 29.1 Å². The normalized spacial score (nSPS) is 9.83. The maximum Gasteiger partial charge on any atom is 0.236 e. The van der Waals surface area contributed by atoms with Crippen LogP contribution in [0.25, 0.3) is 0 Å². The van der Waals surface area contributed by atoms with Gasteiger partial charge in [-0.25, -0.2) is 9.97 Å². The van der Waals surface area contributed by atoms with Crippen LogP contribution in [0, 0.1) is 14.9 Å². The van der Waals surface area contributed by atoms with Gasteiger partial charge in [0, 0.05) is 6.20 Å². The summed E-state index contributed by atoms with van der Waals surface area (Å²) >= 11 is 5.34. The fourth-order valence-corrected chi connectivity index (χ4v) is 2.32. The zero-order chi connectivity index (χ0) is 13.1. The van der Waals surface area contributed by atoms with Gasteiger partial charge in [0.1, 0.15) is 6.33 Å². The molecule has 0 unspecified atom stereocenters. The Hall–Kier alpha value is -1.40. The molecule has 2 N–H and O–H groups in total. The number of nitrogens with two attached hydrogens (primary N) is 1. The van der Waals surface area contributed by atoms with Gasteiger partial charge in [0.05, 0.1) is 25.4 Å². The Morgan fingerprint density at radius 3 is 2.83 bits per heavy atom. The SMILES string of the molecule is N#Cc1cc(N)c(Oc2ncncc2Br)c(I)c1. The van der Waals surface area contributed by atoms with E-state index in [-0.39, 0.29) is 0 Å². The van der Waals surface area contributed by atoms with Crippen molar-refractivity contribution < 1.29 is 4.74 Å². The molecule has 5 nitrogen and oxygen atoms in total. The quantitative estimate of drug-likeness (QED) is 0.600. The minimum absolute atomic E-state index is 0.374. The molecule has 0 spiro atoms. The Kier molecular flexibility index (Phi) is 3.98. The number of nitrogen functional groups attached to an aromatic ring is 1. The second kappa shape index (κ2) is 5.49. The molecule has 0 amide bonds. The molecule has 0 fully saturated rings. The number of anilines is 1. The average molecular weight is 417 g/mol. The van der Waals surface area contributed by atoms with Gasteiger partial charge in [-0.1, -0.05) is 0 Å². The Balaban J connectivity index is 2.42. The van der Waals surface area contributed by atoms with Crippen molar-refractivity contribution in [1.82, 2.24) is 9.97 Å². The molecule has 0 radical (unpaired) electrons. The van der Waals surface area contributed by atoms with E-state index >= 15 is 0 Å². The first-order valence-corrected chi connectivity index (χ1v) is 6.61. The van der Waals surface area contributed by atoms with Crippen LogP contribution >= 0.6 is 38.5 Å². The van der Waals surface area contributed by atoms with E-state index in [1.165, 1.54) is 6.33 Å². The molecule has 0 aliphatic carbocycles. The molecule has 0 aliphatic rings. The van der Waals surface area contributed by atoms with E-state index in [1.54, 1.807) is 18.3 Å². The van der Waals surface area contributed by atoms with Crippen molar-refractivity contribution in [3.05, 3.63) is 38.3 Å². The van der Waals surface area contributed by atoms with Crippen LogP contribution in [0.2, 0.25) is 0 Å². The number of nitrogens with zero attached hydrogens (tertiary/aromatic N) is 3. The summed E-state index contributed by atoms with van der Waals surface area (Å²) in [5.41, 5.74) is 6.74. The maximum atomic E-state index is 8.83. The van der Waals surface area contributed by atoms with Gasteiger partial charge in [0.2, 0.25) is 5.88 Å². The van der Waals surface area contributed by atoms with E-state index in [9.17, 15) is 0 Å². The fourth-order valence-electron chi connectivity index (χ4n) is 1.26. The molecule has 1 heterocycles. The van der Waals surface area contributed by atoms with Gasteiger partial charge in [0.15, 0.2) is 5.75 Å². The van der Waals surface area contributed by atoms with E-state index < -0.39 is 0 Å². The van der Waals surface area contributed by atoms with Crippen LogP contribution in [0.3, 0.4) is 0 Å². The standard InChI is InChI=1S/C11H6BrIN4O/c12-7-4-16-5-17-11(7)18-10-8(13)1-6(3-14)2-9(10)15/h1-2,4-5H,15H2. The number of hydrogen-bond acceptors (Lipinski definition) is 5. The molecule has 2 rings (SSSR count). The molecule has 0 aliphatic heterocycles. The number of halogens is 2. The first-order chi connectivity index (χ1) is 8.61. The Morgan fingerprint density at radius 1 is 1.44 bits per heavy atom. The Morgan fingerprint density at radius 2 is 2.22 bits per heavy atom. The number of ether oxygens (including phenoxy) is 1. The highest BCUT2D eigenvalue weighted by Gasteiger charge is 2.12. The van der Waals surface area contributed by atoms with E-state index in [0.29, 0.717) is 27.4 Å². The summed E-state index contributed by atoms with van der Waals surface area (Å²) in [4.78, 5) is 7.84. The largest absolute Gasteiger partial charge is 0.434 e. The van der Waals surface area contributed by atoms with Gasteiger partial charge in [-0.15, -0.1) is 0 Å². The summed E-state index contributed by atoms with van der Waals surface area (Å²) < 4.78 is 7.00. The van der Waals surface area contributed by atoms with Crippen molar-refractivity contribution in [3.63, 3.8) is 0 Å². The first kappa shape index (κ1) is 13.0. The number of rotatable bonds is 2. The zero-order valence-electron chi connectivity index (χ0n) is 8.89. The molecular formula is C11H6BrIN4O. The van der Waals surface area contributed by atoms with E-state index in [1.807, 2.05) is 6.07 Å². The van der Waals surface area contributed by atoms with Crippen molar-refractivity contribution in [3.8, 4) is 17.7 Å². The van der Waals surface area contributed by atoms with E-state index in [2.05, 4.69) is 48.5 Å². The second-order valence-electron chi connectivity index (χ2n) is 3.27. The lowest BCUT2D eigenvalue weighted by atomic mass is 10.2. The molecule has 1 aromatic heterocycles. The van der Waals surface area contributed by atoms with Crippen LogP contribution in [0.5, 0.6) is 11.6 Å². The Bertz CT molecular complexity index is 618. The molecule has 0 saturated carbocycles. The summed E-state index contributed by atoms with van der Waals surface area (Å²) in [6.07, 6.45) is 2.96. The van der Waals surface area contributed by atoms with Crippen LogP contribution in [-0.2, 0) is 0 Å². The second-order valence-corrected chi connectivity index (χ2v) is 5.28. The lowest BCUT2D eigenvalue weighted by Crippen LogP contribution is -1.98. The topological polar surface area (TPSA) is 84.8 Å². The van der Waals surface area contributed by atoms with Gasteiger partial charge < -0.3 is 10.5 Å². The van der Waals surface area contributed by atoms with Crippen molar-refractivity contribution >= 4 is 44.2 Å². The van der Waals surface area contributed by atoms with Crippen molar-refractivity contribution in [2.24, 2.45) is 0 Å².